The Kier molecular flexibility index (Phi) is 3.46. The first-order chi connectivity index (χ1) is 11.8. The number of aromatic nitrogens is 1. The molecule has 2 aliphatic rings. The molecule has 0 atom stereocenters. The summed E-state index contributed by atoms with van der Waals surface area (Å²) in [5.74, 6) is 0. The molecule has 0 spiro atoms. The maximum absolute atomic E-state index is 2.63. The molecule has 0 N–H and O–H groups in total. The molecule has 3 heteroatoms. The molecule has 1 aromatic heterocycles. The summed E-state index contributed by atoms with van der Waals surface area (Å²) in [7, 11) is 2.25. The van der Waals surface area contributed by atoms with Crippen LogP contribution >= 0.6 is 11.8 Å². The fraction of sp³-hybridized carbons (Fsp3) is 0.333. The van der Waals surface area contributed by atoms with Crippen molar-refractivity contribution in [1.29, 1.82) is 0 Å². The van der Waals surface area contributed by atoms with Gasteiger partial charge in [0.05, 0.1) is 5.52 Å². The zero-order chi connectivity index (χ0) is 16.1. The Morgan fingerprint density at radius 3 is 2.75 bits per heavy atom. The van der Waals surface area contributed by atoms with Crippen LogP contribution in [-0.2, 0) is 19.4 Å². The summed E-state index contributed by atoms with van der Waals surface area (Å²) in [6.07, 6.45) is 3.62. The average Bonchev–Trinajstić information content (AvgIpc) is 2.75. The normalized spacial score (nSPS) is 17.7. The van der Waals surface area contributed by atoms with Crippen molar-refractivity contribution in [1.82, 2.24) is 9.47 Å². The van der Waals surface area contributed by atoms with E-state index < -0.39 is 0 Å². The molecular weight excluding hydrogens is 312 g/mol. The smallest absolute Gasteiger partial charge is 0.0630 e. The van der Waals surface area contributed by atoms with Crippen molar-refractivity contribution in [2.75, 3.05) is 20.1 Å². The summed E-state index contributed by atoms with van der Waals surface area (Å²) >= 11 is 1.94. The zero-order valence-electron chi connectivity index (χ0n) is 14.1. The summed E-state index contributed by atoms with van der Waals surface area (Å²) in [5.41, 5.74) is 6.10. The molecule has 3 aromatic rings. The van der Waals surface area contributed by atoms with Gasteiger partial charge in [0.2, 0.25) is 0 Å². The zero-order valence-corrected chi connectivity index (χ0v) is 14.9. The van der Waals surface area contributed by atoms with Gasteiger partial charge in [-0.15, -0.1) is 0 Å². The number of likely N-dealkylation sites (N-methyl/N-ethyl adjacent to an activating group) is 1. The Bertz CT molecular complexity index is 925. The van der Waals surface area contributed by atoms with Crippen LogP contribution in [0.25, 0.3) is 10.9 Å². The van der Waals surface area contributed by atoms with E-state index in [9.17, 15) is 0 Å². The minimum atomic E-state index is 1.02. The predicted octanol–water partition coefficient (Wildman–Crippen LogP) is 4.57. The van der Waals surface area contributed by atoms with Crippen molar-refractivity contribution in [2.24, 2.45) is 0 Å². The van der Waals surface area contributed by atoms with Gasteiger partial charge in [0.25, 0.3) is 0 Å². The number of hydrogen-bond donors (Lipinski definition) is 0. The van der Waals surface area contributed by atoms with Crippen molar-refractivity contribution in [2.45, 2.75) is 35.6 Å². The van der Waals surface area contributed by atoms with Crippen molar-refractivity contribution in [3.05, 3.63) is 59.3 Å². The summed E-state index contributed by atoms with van der Waals surface area (Å²) in [5, 5.41) is 1.48. The molecule has 2 aromatic carbocycles. The Labute approximate surface area is 147 Å². The van der Waals surface area contributed by atoms with Gasteiger partial charge in [0.1, 0.15) is 0 Å². The first kappa shape index (κ1) is 14.6. The second-order valence-corrected chi connectivity index (χ2v) is 8.11. The monoisotopic (exact) mass is 334 g/mol. The lowest BCUT2D eigenvalue weighted by Gasteiger charge is -2.21. The van der Waals surface area contributed by atoms with Gasteiger partial charge in [0.15, 0.2) is 0 Å². The molecule has 0 radical (unpaired) electrons. The highest BCUT2D eigenvalue weighted by atomic mass is 32.2. The van der Waals surface area contributed by atoms with E-state index >= 15 is 0 Å². The van der Waals surface area contributed by atoms with E-state index in [-0.39, 0.29) is 0 Å². The molecular formula is C21H22N2S. The van der Waals surface area contributed by atoms with Gasteiger partial charge in [-0.1, -0.05) is 42.1 Å². The fourth-order valence-corrected chi connectivity index (χ4v) is 5.38. The number of benzene rings is 2. The van der Waals surface area contributed by atoms with Crippen molar-refractivity contribution in [3.63, 3.8) is 0 Å². The molecule has 0 saturated carbocycles. The average molecular weight is 334 g/mol. The maximum atomic E-state index is 2.63. The van der Waals surface area contributed by atoms with E-state index in [1.54, 1.807) is 11.3 Å². The van der Waals surface area contributed by atoms with Gasteiger partial charge < -0.3 is 9.47 Å². The van der Waals surface area contributed by atoms with Gasteiger partial charge in [-0.25, -0.2) is 0 Å². The van der Waals surface area contributed by atoms with Crippen LogP contribution in [0.3, 0.4) is 0 Å². The predicted molar refractivity (Wildman–Crippen MR) is 101 cm³/mol. The third kappa shape index (κ3) is 2.22. The molecule has 0 fully saturated rings. The third-order valence-corrected chi connectivity index (χ3v) is 6.65. The van der Waals surface area contributed by atoms with E-state index in [0.29, 0.717) is 0 Å². The molecule has 0 saturated heterocycles. The second kappa shape index (κ2) is 5.68. The van der Waals surface area contributed by atoms with Crippen LogP contribution in [0.15, 0.2) is 52.3 Å². The van der Waals surface area contributed by atoms with Crippen LogP contribution in [0.5, 0.6) is 0 Å². The Morgan fingerprint density at radius 2 is 1.79 bits per heavy atom. The van der Waals surface area contributed by atoms with Gasteiger partial charge in [-0.2, -0.15) is 0 Å². The van der Waals surface area contributed by atoms with Gasteiger partial charge in [-0.3, -0.25) is 0 Å². The Morgan fingerprint density at radius 1 is 0.917 bits per heavy atom. The fourth-order valence-electron chi connectivity index (χ4n) is 4.27. The van der Waals surface area contributed by atoms with E-state index in [1.807, 2.05) is 11.8 Å². The SMILES string of the molecule is CN1CCCc2c(c3cccc4c3n2Cc2ccccc2S4)CC1. The standard InChI is InChI=1S/C21H22N2S/c1-22-12-5-8-18-16(11-13-22)17-7-4-10-20-21(17)23(18)14-15-6-2-3-9-19(15)24-20/h2-4,6-7,9-10H,5,8,11-14H2,1H3. The van der Waals surface area contributed by atoms with Gasteiger partial charge in [0, 0.05) is 34.0 Å². The minimum Gasteiger partial charge on any atom is -0.339 e. The van der Waals surface area contributed by atoms with Crippen LogP contribution in [-0.4, -0.2) is 29.6 Å². The lowest BCUT2D eigenvalue weighted by Crippen LogP contribution is -2.25. The van der Waals surface area contributed by atoms with E-state index in [1.165, 1.54) is 58.6 Å². The molecule has 3 heterocycles. The quantitative estimate of drug-likeness (QED) is 0.465. The molecule has 24 heavy (non-hydrogen) atoms. The van der Waals surface area contributed by atoms with Crippen LogP contribution in [0, 0.1) is 0 Å². The highest BCUT2D eigenvalue weighted by Gasteiger charge is 2.24. The molecule has 0 aliphatic carbocycles. The van der Waals surface area contributed by atoms with Crippen LogP contribution < -0.4 is 0 Å². The Balaban J connectivity index is 1.77. The molecule has 2 aliphatic heterocycles. The van der Waals surface area contributed by atoms with E-state index in [4.69, 9.17) is 0 Å². The largest absolute Gasteiger partial charge is 0.339 e. The lowest BCUT2D eigenvalue weighted by molar-refractivity contribution is 0.326. The van der Waals surface area contributed by atoms with Gasteiger partial charge >= 0.3 is 0 Å². The van der Waals surface area contributed by atoms with Crippen LogP contribution in [0.1, 0.15) is 23.2 Å². The topological polar surface area (TPSA) is 8.17 Å². The number of nitrogens with zero attached hydrogens (tertiary/aromatic N) is 2. The second-order valence-electron chi connectivity index (χ2n) is 7.03. The van der Waals surface area contributed by atoms with Crippen LogP contribution in [0.4, 0.5) is 0 Å². The van der Waals surface area contributed by atoms with Crippen molar-refractivity contribution >= 4 is 22.7 Å². The molecule has 0 bridgehead atoms. The van der Waals surface area contributed by atoms with E-state index in [0.717, 1.165) is 6.54 Å². The lowest BCUT2D eigenvalue weighted by atomic mass is 10.0. The molecule has 5 rings (SSSR count). The summed E-state index contributed by atoms with van der Waals surface area (Å²) in [6, 6.07) is 15.8. The summed E-state index contributed by atoms with van der Waals surface area (Å²) in [6.45, 7) is 3.39. The third-order valence-electron chi connectivity index (χ3n) is 5.49. The molecule has 122 valence electrons. The summed E-state index contributed by atoms with van der Waals surface area (Å²) < 4.78 is 2.63. The number of para-hydroxylation sites is 1. The maximum Gasteiger partial charge on any atom is 0.0630 e. The van der Waals surface area contributed by atoms with Crippen molar-refractivity contribution < 1.29 is 0 Å². The summed E-state index contributed by atoms with van der Waals surface area (Å²) in [4.78, 5) is 5.30. The first-order valence-corrected chi connectivity index (χ1v) is 9.70. The Hall–Kier alpha value is -1.71. The highest BCUT2D eigenvalue weighted by molar-refractivity contribution is 7.99. The van der Waals surface area contributed by atoms with Gasteiger partial charge in [-0.05, 0) is 56.1 Å². The number of rotatable bonds is 0. The van der Waals surface area contributed by atoms with Crippen LogP contribution in [0.2, 0.25) is 0 Å². The molecule has 2 nitrogen and oxygen atoms in total. The number of hydrogen-bond acceptors (Lipinski definition) is 2. The van der Waals surface area contributed by atoms with Crippen molar-refractivity contribution in [3.8, 4) is 0 Å². The minimum absolute atomic E-state index is 1.02. The van der Waals surface area contributed by atoms with E-state index in [2.05, 4.69) is 59.0 Å². The molecule has 0 amide bonds. The number of fused-ring (bicyclic) bond motifs is 4. The molecule has 0 unspecified atom stereocenters. The first-order valence-electron chi connectivity index (χ1n) is 8.88. The highest BCUT2D eigenvalue weighted by Crippen LogP contribution is 2.42.